The number of sulfonamides is 1. The van der Waals surface area contributed by atoms with Crippen molar-refractivity contribution in [2.24, 2.45) is 0 Å². The first-order valence-corrected chi connectivity index (χ1v) is 8.30. The molecule has 1 heterocycles. The molecule has 0 bridgehead atoms. The summed E-state index contributed by atoms with van der Waals surface area (Å²) in [5.74, 6) is 0. The van der Waals surface area contributed by atoms with E-state index in [4.69, 9.17) is 0 Å². The third-order valence-electron chi connectivity index (χ3n) is 2.81. The first-order valence-electron chi connectivity index (χ1n) is 6.05. The lowest BCUT2D eigenvalue weighted by molar-refractivity contribution is -0.387. The van der Waals surface area contributed by atoms with Crippen molar-refractivity contribution in [2.45, 2.75) is 18.2 Å². The Bertz CT molecular complexity index is 742. The third kappa shape index (κ3) is 3.63. The molecule has 0 radical (unpaired) electrons. The number of hydrogen-bond donors (Lipinski definition) is 1. The molecule has 2 aromatic rings. The molecule has 0 unspecified atom stereocenters. The van der Waals surface area contributed by atoms with Crippen LogP contribution in [0, 0.1) is 17.0 Å². The molecule has 1 N–H and O–H groups in total. The summed E-state index contributed by atoms with van der Waals surface area (Å²) in [5.41, 5.74) is -0.0743. The van der Waals surface area contributed by atoms with Crippen molar-refractivity contribution in [1.29, 1.82) is 0 Å². The van der Waals surface area contributed by atoms with E-state index in [1.54, 1.807) is 12.3 Å². The quantitative estimate of drug-likeness (QED) is 0.644. The fourth-order valence-corrected chi connectivity index (χ4v) is 3.88. The van der Waals surface area contributed by atoms with Gasteiger partial charge in [-0.25, -0.2) is 17.5 Å². The highest BCUT2D eigenvalue weighted by molar-refractivity contribution is 7.89. The van der Waals surface area contributed by atoms with Crippen molar-refractivity contribution in [1.82, 2.24) is 9.10 Å². The number of nitro groups is 1. The topological polar surface area (TPSA) is 102 Å². The van der Waals surface area contributed by atoms with Gasteiger partial charge in [0.2, 0.25) is 10.0 Å². The molecule has 0 spiro atoms. The second kappa shape index (κ2) is 6.29. The van der Waals surface area contributed by atoms with Crippen molar-refractivity contribution in [2.75, 3.05) is 6.54 Å². The van der Waals surface area contributed by atoms with Crippen molar-refractivity contribution >= 4 is 27.2 Å². The van der Waals surface area contributed by atoms with Crippen LogP contribution in [-0.2, 0) is 16.4 Å². The summed E-state index contributed by atoms with van der Waals surface area (Å²) in [6.45, 7) is 1.70. The van der Waals surface area contributed by atoms with Gasteiger partial charge in [-0.3, -0.25) is 10.1 Å². The molecular weight excluding hydrogens is 314 g/mol. The second-order valence-corrected chi connectivity index (χ2v) is 6.93. The van der Waals surface area contributed by atoms with Crippen molar-refractivity contribution in [3.8, 4) is 0 Å². The van der Waals surface area contributed by atoms with Gasteiger partial charge in [0.25, 0.3) is 5.69 Å². The van der Waals surface area contributed by atoms with E-state index in [1.807, 2.05) is 0 Å². The number of rotatable bonds is 6. The largest absolute Gasteiger partial charge is 0.289 e. The molecule has 0 amide bonds. The number of nitro benzene ring substituents is 1. The summed E-state index contributed by atoms with van der Waals surface area (Å²) in [5, 5.41) is 11.0. The van der Waals surface area contributed by atoms with Crippen LogP contribution in [0.5, 0.6) is 0 Å². The minimum atomic E-state index is -3.93. The molecule has 0 aliphatic rings. The minimum Gasteiger partial charge on any atom is -0.258 e. The molecule has 7 nitrogen and oxygen atoms in total. The van der Waals surface area contributed by atoms with Crippen LogP contribution >= 0.6 is 11.5 Å². The van der Waals surface area contributed by atoms with E-state index in [9.17, 15) is 18.5 Å². The zero-order valence-electron chi connectivity index (χ0n) is 11.1. The maximum Gasteiger partial charge on any atom is 0.289 e. The summed E-state index contributed by atoms with van der Waals surface area (Å²) in [6, 6.07) is 5.98. The van der Waals surface area contributed by atoms with Gasteiger partial charge in [0.15, 0.2) is 4.90 Å². The summed E-state index contributed by atoms with van der Waals surface area (Å²) in [6.07, 6.45) is 2.13. The van der Waals surface area contributed by atoms with Gasteiger partial charge in [-0.15, -0.1) is 0 Å². The molecule has 2 rings (SSSR count). The molecular formula is C12H13N3O4S2. The molecule has 21 heavy (non-hydrogen) atoms. The first-order chi connectivity index (χ1) is 9.92. The van der Waals surface area contributed by atoms with Crippen molar-refractivity contribution in [3.63, 3.8) is 0 Å². The number of aromatic nitrogens is 1. The average Bonchev–Trinajstić information content (AvgIpc) is 2.91. The van der Waals surface area contributed by atoms with Crippen LogP contribution in [0.15, 0.2) is 35.4 Å². The van der Waals surface area contributed by atoms with Gasteiger partial charge in [0.1, 0.15) is 0 Å². The van der Waals surface area contributed by atoms with Gasteiger partial charge in [-0.05, 0) is 36.5 Å². The smallest absolute Gasteiger partial charge is 0.258 e. The van der Waals surface area contributed by atoms with E-state index in [2.05, 4.69) is 9.10 Å². The van der Waals surface area contributed by atoms with Gasteiger partial charge in [-0.1, -0.05) is 12.1 Å². The van der Waals surface area contributed by atoms with Crippen LogP contribution in [0.3, 0.4) is 0 Å². The molecule has 0 aliphatic carbocycles. The zero-order valence-corrected chi connectivity index (χ0v) is 12.8. The summed E-state index contributed by atoms with van der Waals surface area (Å²) in [7, 11) is -3.93. The lowest BCUT2D eigenvalue weighted by atomic mass is 10.2. The monoisotopic (exact) mass is 327 g/mol. The molecule has 0 atom stereocenters. The predicted molar refractivity (Wildman–Crippen MR) is 78.8 cm³/mol. The maximum atomic E-state index is 12.3. The standard InChI is InChI=1S/C12H13N3O4S2/c1-9-3-2-4-11(15(16)17)12(9)21(18,19)14-8-6-10-5-7-13-20-10/h2-5,7,14H,6,8H2,1H3. The third-order valence-corrected chi connectivity index (χ3v) is 5.27. The molecule has 0 saturated heterocycles. The summed E-state index contributed by atoms with van der Waals surface area (Å²) < 4.78 is 30.9. The highest BCUT2D eigenvalue weighted by atomic mass is 32.2. The van der Waals surface area contributed by atoms with Gasteiger partial charge in [0, 0.05) is 23.7 Å². The summed E-state index contributed by atoms with van der Waals surface area (Å²) >= 11 is 1.29. The van der Waals surface area contributed by atoms with E-state index in [0.29, 0.717) is 12.0 Å². The molecule has 0 fully saturated rings. The van der Waals surface area contributed by atoms with Crippen LogP contribution in [0.1, 0.15) is 10.4 Å². The normalized spacial score (nSPS) is 11.5. The van der Waals surface area contributed by atoms with Crippen LogP contribution in [0.25, 0.3) is 0 Å². The second-order valence-electron chi connectivity index (χ2n) is 4.31. The Kier molecular flexibility index (Phi) is 4.66. The van der Waals surface area contributed by atoms with Crippen LogP contribution < -0.4 is 4.72 Å². The maximum absolute atomic E-state index is 12.3. The van der Waals surface area contributed by atoms with Crippen LogP contribution in [0.2, 0.25) is 0 Å². The van der Waals surface area contributed by atoms with E-state index >= 15 is 0 Å². The lowest BCUT2D eigenvalue weighted by Gasteiger charge is -2.09. The zero-order chi connectivity index (χ0) is 15.5. The van der Waals surface area contributed by atoms with Crippen LogP contribution in [-0.4, -0.2) is 24.3 Å². The Morgan fingerprint density at radius 1 is 1.38 bits per heavy atom. The minimum absolute atomic E-state index is 0.163. The Labute approximate surface area is 126 Å². The number of nitrogens with zero attached hydrogens (tertiary/aromatic N) is 2. The fraction of sp³-hybridized carbons (Fsp3) is 0.250. The molecule has 0 aliphatic heterocycles. The number of aryl methyl sites for hydroxylation is 1. The Hall–Kier alpha value is -1.84. The van der Waals surface area contributed by atoms with Crippen molar-refractivity contribution in [3.05, 3.63) is 51.0 Å². The SMILES string of the molecule is Cc1cccc([N+](=O)[O-])c1S(=O)(=O)NCCc1ccns1. The summed E-state index contributed by atoms with van der Waals surface area (Å²) in [4.78, 5) is 11.0. The van der Waals surface area contributed by atoms with Crippen LogP contribution in [0.4, 0.5) is 5.69 Å². The van der Waals surface area contributed by atoms with E-state index in [-0.39, 0.29) is 11.4 Å². The molecule has 1 aromatic carbocycles. The number of hydrogen-bond acceptors (Lipinski definition) is 6. The number of nitrogens with one attached hydrogen (secondary N) is 1. The average molecular weight is 327 g/mol. The highest BCUT2D eigenvalue weighted by Crippen LogP contribution is 2.26. The molecule has 9 heteroatoms. The Morgan fingerprint density at radius 2 is 2.14 bits per heavy atom. The fourth-order valence-electron chi connectivity index (χ4n) is 1.88. The Morgan fingerprint density at radius 3 is 2.76 bits per heavy atom. The van der Waals surface area contributed by atoms with E-state index in [1.165, 1.54) is 36.7 Å². The molecule has 112 valence electrons. The van der Waals surface area contributed by atoms with E-state index in [0.717, 1.165) is 4.88 Å². The molecule has 0 saturated carbocycles. The van der Waals surface area contributed by atoms with Gasteiger partial charge < -0.3 is 0 Å². The van der Waals surface area contributed by atoms with Gasteiger partial charge in [-0.2, -0.15) is 0 Å². The Balaban J connectivity index is 2.21. The lowest BCUT2D eigenvalue weighted by Crippen LogP contribution is -2.27. The first kappa shape index (κ1) is 15.5. The highest BCUT2D eigenvalue weighted by Gasteiger charge is 2.27. The van der Waals surface area contributed by atoms with Gasteiger partial charge in [0.05, 0.1) is 4.92 Å². The number of benzene rings is 1. The predicted octanol–water partition coefficient (Wildman–Crippen LogP) is 1.88. The van der Waals surface area contributed by atoms with E-state index < -0.39 is 20.6 Å². The van der Waals surface area contributed by atoms with Crippen molar-refractivity contribution < 1.29 is 13.3 Å². The molecule has 1 aromatic heterocycles. The van der Waals surface area contributed by atoms with Gasteiger partial charge >= 0.3 is 0 Å².